The SMILES string of the molecule is FC(F)(F)C1CCc2c([nH]c(-c3ccncc3)c2Nc2ccccc2)C1. The normalized spacial score (nSPS) is 17.0. The van der Waals surface area contributed by atoms with Gasteiger partial charge in [-0.15, -0.1) is 0 Å². The third-order valence-electron chi connectivity index (χ3n) is 4.86. The number of fused-ring (bicyclic) bond motifs is 1. The van der Waals surface area contributed by atoms with Gasteiger partial charge in [0.15, 0.2) is 0 Å². The van der Waals surface area contributed by atoms with Gasteiger partial charge in [0.2, 0.25) is 0 Å². The van der Waals surface area contributed by atoms with E-state index in [1.807, 2.05) is 42.5 Å². The van der Waals surface area contributed by atoms with Crippen molar-refractivity contribution in [3.63, 3.8) is 0 Å². The molecule has 0 bridgehead atoms. The highest BCUT2D eigenvalue weighted by Gasteiger charge is 2.42. The van der Waals surface area contributed by atoms with Crippen molar-refractivity contribution in [1.82, 2.24) is 9.97 Å². The van der Waals surface area contributed by atoms with Crippen LogP contribution in [0.4, 0.5) is 24.5 Å². The molecule has 2 N–H and O–H groups in total. The van der Waals surface area contributed by atoms with Crippen molar-refractivity contribution >= 4 is 11.4 Å². The Hall–Kier alpha value is -2.76. The van der Waals surface area contributed by atoms with Crippen LogP contribution in [0.2, 0.25) is 0 Å². The molecule has 0 fully saturated rings. The molecule has 0 saturated carbocycles. The Bertz CT molecular complexity index is 886. The van der Waals surface area contributed by atoms with E-state index < -0.39 is 12.1 Å². The van der Waals surface area contributed by atoms with Gasteiger partial charge in [-0.3, -0.25) is 4.98 Å². The summed E-state index contributed by atoms with van der Waals surface area (Å²) in [6, 6.07) is 13.4. The van der Waals surface area contributed by atoms with Crippen LogP contribution in [0.1, 0.15) is 17.7 Å². The molecule has 3 nitrogen and oxygen atoms in total. The zero-order valence-corrected chi connectivity index (χ0v) is 14.0. The van der Waals surface area contributed by atoms with Crippen LogP contribution in [-0.4, -0.2) is 16.1 Å². The van der Waals surface area contributed by atoms with Crippen molar-refractivity contribution in [3.05, 3.63) is 66.1 Å². The molecule has 1 unspecified atom stereocenters. The molecule has 1 atom stereocenters. The number of nitrogens with zero attached hydrogens (tertiary/aromatic N) is 1. The van der Waals surface area contributed by atoms with Crippen LogP contribution in [0.5, 0.6) is 0 Å². The molecule has 6 heteroatoms. The first-order chi connectivity index (χ1) is 12.5. The molecular weight excluding hydrogens is 339 g/mol. The molecule has 1 aliphatic rings. The van der Waals surface area contributed by atoms with Gasteiger partial charge < -0.3 is 10.3 Å². The van der Waals surface area contributed by atoms with Crippen LogP contribution in [0.25, 0.3) is 11.3 Å². The Labute approximate surface area is 149 Å². The maximum Gasteiger partial charge on any atom is 0.392 e. The third-order valence-corrected chi connectivity index (χ3v) is 4.86. The van der Waals surface area contributed by atoms with Crippen LogP contribution in [0.3, 0.4) is 0 Å². The molecule has 1 aliphatic carbocycles. The zero-order valence-electron chi connectivity index (χ0n) is 14.0. The molecule has 3 aromatic rings. The van der Waals surface area contributed by atoms with Crippen molar-refractivity contribution < 1.29 is 13.2 Å². The summed E-state index contributed by atoms with van der Waals surface area (Å²) in [4.78, 5) is 7.28. The summed E-state index contributed by atoms with van der Waals surface area (Å²) in [5, 5.41) is 3.40. The summed E-state index contributed by atoms with van der Waals surface area (Å²) >= 11 is 0. The van der Waals surface area contributed by atoms with Crippen LogP contribution in [0.15, 0.2) is 54.9 Å². The van der Waals surface area contributed by atoms with Crippen LogP contribution in [0, 0.1) is 5.92 Å². The highest BCUT2D eigenvalue weighted by molar-refractivity contribution is 5.82. The Morgan fingerprint density at radius 1 is 1.04 bits per heavy atom. The van der Waals surface area contributed by atoms with Gasteiger partial charge in [-0.25, -0.2) is 0 Å². The van der Waals surface area contributed by atoms with Gasteiger partial charge in [0, 0.05) is 29.3 Å². The average Bonchev–Trinajstić information content (AvgIpc) is 3.00. The second-order valence-corrected chi connectivity index (χ2v) is 6.54. The van der Waals surface area contributed by atoms with Crippen molar-refractivity contribution in [2.75, 3.05) is 5.32 Å². The van der Waals surface area contributed by atoms with Crippen LogP contribution in [-0.2, 0) is 12.8 Å². The minimum atomic E-state index is -4.16. The first-order valence-corrected chi connectivity index (χ1v) is 8.55. The molecule has 0 radical (unpaired) electrons. The molecule has 134 valence electrons. The van der Waals surface area contributed by atoms with Crippen LogP contribution >= 0.6 is 0 Å². The van der Waals surface area contributed by atoms with Gasteiger partial charge in [0.05, 0.1) is 17.3 Å². The summed E-state index contributed by atoms with van der Waals surface area (Å²) in [7, 11) is 0. The number of benzene rings is 1. The molecule has 0 spiro atoms. The number of nitrogens with one attached hydrogen (secondary N) is 2. The number of rotatable bonds is 3. The first-order valence-electron chi connectivity index (χ1n) is 8.55. The fraction of sp³-hybridized carbons (Fsp3) is 0.250. The Balaban J connectivity index is 1.77. The van der Waals surface area contributed by atoms with Crippen molar-refractivity contribution in [3.8, 4) is 11.3 Å². The summed E-state index contributed by atoms with van der Waals surface area (Å²) in [6.45, 7) is 0. The number of halogens is 3. The lowest BCUT2D eigenvalue weighted by Gasteiger charge is -2.25. The molecule has 2 aromatic heterocycles. The van der Waals surface area contributed by atoms with E-state index in [2.05, 4.69) is 15.3 Å². The van der Waals surface area contributed by atoms with Gasteiger partial charge in [0.1, 0.15) is 0 Å². The predicted octanol–water partition coefficient (Wildman–Crippen LogP) is 5.49. The van der Waals surface area contributed by atoms with E-state index in [0.717, 1.165) is 28.2 Å². The minimum absolute atomic E-state index is 0.00656. The van der Waals surface area contributed by atoms with Gasteiger partial charge in [-0.1, -0.05) is 18.2 Å². The lowest BCUT2D eigenvalue weighted by Crippen LogP contribution is -2.28. The van der Waals surface area contributed by atoms with Gasteiger partial charge in [-0.2, -0.15) is 13.2 Å². The average molecular weight is 357 g/mol. The number of anilines is 2. The molecule has 2 heterocycles. The number of aromatic amines is 1. The first kappa shape index (κ1) is 16.7. The van der Waals surface area contributed by atoms with E-state index in [0.29, 0.717) is 12.1 Å². The second kappa shape index (κ2) is 6.52. The second-order valence-electron chi connectivity index (χ2n) is 6.54. The summed E-state index contributed by atoms with van der Waals surface area (Å²) in [5.41, 5.74) is 5.09. The number of pyridine rings is 1. The Morgan fingerprint density at radius 3 is 2.46 bits per heavy atom. The van der Waals surface area contributed by atoms with Gasteiger partial charge >= 0.3 is 6.18 Å². The van der Waals surface area contributed by atoms with E-state index in [4.69, 9.17) is 0 Å². The highest BCUT2D eigenvalue weighted by atomic mass is 19.4. The van der Waals surface area contributed by atoms with E-state index >= 15 is 0 Å². The van der Waals surface area contributed by atoms with Crippen molar-refractivity contribution in [1.29, 1.82) is 0 Å². The van der Waals surface area contributed by atoms with E-state index in [1.54, 1.807) is 12.4 Å². The number of hydrogen-bond donors (Lipinski definition) is 2. The van der Waals surface area contributed by atoms with Gasteiger partial charge in [-0.05, 0) is 49.1 Å². The lowest BCUT2D eigenvalue weighted by atomic mass is 9.87. The number of para-hydroxylation sites is 1. The Morgan fingerprint density at radius 2 is 1.77 bits per heavy atom. The number of H-pyrrole nitrogens is 1. The molecule has 26 heavy (non-hydrogen) atoms. The number of hydrogen-bond acceptors (Lipinski definition) is 2. The summed E-state index contributed by atoms with van der Waals surface area (Å²) in [6.07, 6.45) is -0.288. The topological polar surface area (TPSA) is 40.7 Å². The van der Waals surface area contributed by atoms with Crippen molar-refractivity contribution in [2.45, 2.75) is 25.4 Å². The summed E-state index contributed by atoms with van der Waals surface area (Å²) < 4.78 is 39.5. The van der Waals surface area contributed by atoms with E-state index in [1.165, 1.54) is 0 Å². The van der Waals surface area contributed by atoms with E-state index in [9.17, 15) is 13.2 Å². The van der Waals surface area contributed by atoms with Crippen LogP contribution < -0.4 is 5.32 Å². The summed E-state index contributed by atoms with van der Waals surface area (Å²) in [5.74, 6) is -1.29. The predicted molar refractivity (Wildman–Crippen MR) is 95.3 cm³/mol. The van der Waals surface area contributed by atoms with Crippen molar-refractivity contribution in [2.24, 2.45) is 5.92 Å². The molecule has 0 amide bonds. The molecule has 1 aromatic carbocycles. The smallest absolute Gasteiger partial charge is 0.356 e. The minimum Gasteiger partial charge on any atom is -0.356 e. The van der Waals surface area contributed by atoms with Gasteiger partial charge in [0.25, 0.3) is 0 Å². The number of alkyl halides is 3. The number of aromatic nitrogens is 2. The fourth-order valence-electron chi connectivity index (χ4n) is 3.53. The standard InChI is InChI=1S/C20H18F3N3/c21-20(22,23)14-6-7-16-17(12-14)26-18(13-8-10-24-11-9-13)19(16)25-15-4-2-1-3-5-15/h1-5,8-11,14,25-26H,6-7,12H2. The fourth-order valence-corrected chi connectivity index (χ4v) is 3.53. The lowest BCUT2D eigenvalue weighted by molar-refractivity contribution is -0.177. The Kier molecular flexibility index (Phi) is 4.18. The third kappa shape index (κ3) is 3.19. The molecular formula is C20H18F3N3. The zero-order chi connectivity index (χ0) is 18.1. The molecule has 0 aliphatic heterocycles. The maximum atomic E-state index is 13.2. The monoisotopic (exact) mass is 357 g/mol. The highest BCUT2D eigenvalue weighted by Crippen LogP contribution is 2.43. The largest absolute Gasteiger partial charge is 0.392 e. The molecule has 0 saturated heterocycles. The van der Waals surface area contributed by atoms with E-state index in [-0.39, 0.29) is 12.8 Å². The molecule has 4 rings (SSSR count). The maximum absolute atomic E-state index is 13.2. The quantitative estimate of drug-likeness (QED) is 0.651.